The molecule has 1 aromatic rings. The van der Waals surface area contributed by atoms with Crippen LogP contribution in [0.2, 0.25) is 0 Å². The molecule has 0 bridgehead atoms. The topological polar surface area (TPSA) is 59.6 Å². The van der Waals surface area contributed by atoms with E-state index in [9.17, 15) is 4.79 Å². The van der Waals surface area contributed by atoms with Crippen LogP contribution in [0, 0.1) is 0 Å². The van der Waals surface area contributed by atoms with Gasteiger partial charge in [-0.15, -0.1) is 0 Å². The molecule has 0 unspecified atom stereocenters. The largest absolute Gasteiger partial charge is 0.491 e. The first kappa shape index (κ1) is 16.4. The Morgan fingerprint density at radius 3 is 2.50 bits per heavy atom. The first-order valence-corrected chi connectivity index (χ1v) is 6.98. The lowest BCUT2D eigenvalue weighted by Crippen LogP contribution is -2.33. The Labute approximate surface area is 124 Å². The van der Waals surface area contributed by atoms with Crippen molar-refractivity contribution < 1.29 is 14.3 Å². The zero-order chi connectivity index (χ0) is 14.8. The summed E-state index contributed by atoms with van der Waals surface area (Å²) in [4.78, 5) is 11.2. The predicted molar refractivity (Wildman–Crippen MR) is 83.1 cm³/mol. The van der Waals surface area contributed by atoms with Gasteiger partial charge in [-0.25, -0.2) is 0 Å². The maximum Gasteiger partial charge on any atom is 0.225 e. The van der Waals surface area contributed by atoms with Crippen molar-refractivity contribution in [2.24, 2.45) is 0 Å². The number of rotatable bonds is 7. The lowest BCUT2D eigenvalue weighted by atomic mass is 10.3. The number of nitrogens with one attached hydrogen (secondary N) is 2. The lowest BCUT2D eigenvalue weighted by molar-refractivity contribution is -0.119. The van der Waals surface area contributed by atoms with E-state index < -0.39 is 0 Å². The number of anilines is 1. The van der Waals surface area contributed by atoms with E-state index in [1.807, 2.05) is 31.2 Å². The highest BCUT2D eigenvalue weighted by Crippen LogP contribution is 2.15. The second-order valence-corrected chi connectivity index (χ2v) is 4.33. The van der Waals surface area contributed by atoms with Crippen molar-refractivity contribution in [2.75, 3.05) is 25.1 Å². The summed E-state index contributed by atoms with van der Waals surface area (Å²) in [5, 5.41) is 5.80. The Morgan fingerprint density at radius 1 is 1.20 bits per heavy atom. The number of carbonyl (C=O) groups is 1. The zero-order valence-corrected chi connectivity index (χ0v) is 12.6. The van der Waals surface area contributed by atoms with Crippen molar-refractivity contribution in [1.82, 2.24) is 5.32 Å². The summed E-state index contributed by atoms with van der Waals surface area (Å²) < 4.78 is 10.7. The highest BCUT2D eigenvalue weighted by atomic mass is 32.1. The van der Waals surface area contributed by atoms with Crippen molar-refractivity contribution in [3.05, 3.63) is 24.3 Å². The van der Waals surface area contributed by atoms with Gasteiger partial charge in [0, 0.05) is 18.7 Å². The number of ether oxygens (including phenoxy) is 2. The fourth-order valence-electron chi connectivity index (χ4n) is 1.37. The van der Waals surface area contributed by atoms with E-state index in [4.69, 9.17) is 21.7 Å². The van der Waals surface area contributed by atoms with E-state index >= 15 is 0 Å². The van der Waals surface area contributed by atoms with Crippen LogP contribution in [-0.2, 0) is 9.53 Å². The third-order valence-electron chi connectivity index (χ3n) is 2.39. The number of benzene rings is 1. The Kier molecular flexibility index (Phi) is 7.60. The normalized spacial score (nSPS) is 9.90. The van der Waals surface area contributed by atoms with Crippen LogP contribution in [0.15, 0.2) is 24.3 Å². The van der Waals surface area contributed by atoms with Gasteiger partial charge in [-0.2, -0.15) is 0 Å². The summed E-state index contributed by atoms with van der Waals surface area (Å²) >= 11 is 5.02. The summed E-state index contributed by atoms with van der Waals surface area (Å²) in [6.07, 6.45) is 0.397. The van der Waals surface area contributed by atoms with E-state index in [0.29, 0.717) is 31.4 Å². The first-order valence-electron chi connectivity index (χ1n) is 6.57. The highest BCUT2D eigenvalue weighted by Gasteiger charge is 2.02. The molecular weight excluding hydrogens is 276 g/mol. The van der Waals surface area contributed by atoms with Crippen LogP contribution in [0.1, 0.15) is 20.3 Å². The van der Waals surface area contributed by atoms with Crippen LogP contribution in [0.4, 0.5) is 5.69 Å². The van der Waals surface area contributed by atoms with Gasteiger partial charge < -0.3 is 20.1 Å². The molecule has 0 saturated heterocycles. The highest BCUT2D eigenvalue weighted by molar-refractivity contribution is 7.80. The van der Waals surface area contributed by atoms with E-state index in [1.54, 1.807) is 6.92 Å². The van der Waals surface area contributed by atoms with E-state index in [-0.39, 0.29) is 5.91 Å². The third-order valence-corrected chi connectivity index (χ3v) is 2.59. The average molecular weight is 296 g/mol. The third kappa shape index (κ3) is 6.49. The smallest absolute Gasteiger partial charge is 0.225 e. The number of thiocarbonyl (C=S) groups is 1. The van der Waals surface area contributed by atoms with E-state index in [1.165, 1.54) is 0 Å². The fraction of sp³-hybridized carbons (Fsp3) is 0.429. The molecule has 2 N–H and O–H groups in total. The average Bonchev–Trinajstić information content (AvgIpc) is 2.45. The van der Waals surface area contributed by atoms with Crippen molar-refractivity contribution in [3.63, 3.8) is 0 Å². The molecule has 0 aromatic heterocycles. The van der Waals surface area contributed by atoms with Gasteiger partial charge in [-0.05, 0) is 43.4 Å². The van der Waals surface area contributed by atoms with Gasteiger partial charge in [0.25, 0.3) is 0 Å². The summed E-state index contributed by atoms with van der Waals surface area (Å²) in [5.74, 6) is 0.650. The van der Waals surface area contributed by atoms with Crippen LogP contribution in [0.3, 0.4) is 0 Å². The van der Waals surface area contributed by atoms with E-state index in [0.717, 1.165) is 11.4 Å². The zero-order valence-electron chi connectivity index (χ0n) is 11.8. The van der Waals surface area contributed by atoms with Gasteiger partial charge in [-0.3, -0.25) is 4.79 Å². The number of carbonyl (C=O) groups excluding carboxylic acids is 1. The monoisotopic (exact) mass is 296 g/mol. The molecule has 0 atom stereocenters. The molecule has 1 rings (SSSR count). The standard InChI is InChI=1S/C14H20N2O3S/c1-3-13(17)16-14(20)15-11-5-7-12(8-6-11)19-10-9-18-4-2/h5-8H,3-4,9-10H2,1-2H3,(H2,15,16,17,20). The molecule has 0 aliphatic heterocycles. The minimum absolute atomic E-state index is 0.113. The SMILES string of the molecule is CCOCCOc1ccc(NC(=S)NC(=O)CC)cc1. The minimum atomic E-state index is -0.113. The van der Waals surface area contributed by atoms with Gasteiger partial charge in [-0.1, -0.05) is 6.92 Å². The minimum Gasteiger partial charge on any atom is -0.491 e. The molecule has 5 nitrogen and oxygen atoms in total. The molecule has 0 spiro atoms. The lowest BCUT2D eigenvalue weighted by Gasteiger charge is -2.10. The van der Waals surface area contributed by atoms with Crippen molar-refractivity contribution >= 4 is 28.9 Å². The first-order chi connectivity index (χ1) is 9.65. The summed E-state index contributed by atoms with van der Waals surface area (Å²) in [7, 11) is 0. The molecule has 0 aliphatic carbocycles. The Hall–Kier alpha value is -1.66. The second-order valence-electron chi connectivity index (χ2n) is 3.93. The van der Waals surface area contributed by atoms with Crippen LogP contribution < -0.4 is 15.4 Å². The molecule has 0 heterocycles. The molecule has 1 aromatic carbocycles. The van der Waals surface area contributed by atoms with Gasteiger partial charge in [0.15, 0.2) is 5.11 Å². The Balaban J connectivity index is 2.38. The predicted octanol–water partition coefficient (Wildman–Crippen LogP) is 2.32. The van der Waals surface area contributed by atoms with Crippen molar-refractivity contribution in [2.45, 2.75) is 20.3 Å². The molecule has 0 radical (unpaired) electrons. The molecular formula is C14H20N2O3S. The maximum atomic E-state index is 11.2. The fourth-order valence-corrected chi connectivity index (χ4v) is 1.61. The van der Waals surface area contributed by atoms with Crippen molar-refractivity contribution in [1.29, 1.82) is 0 Å². The quantitative estimate of drug-likeness (QED) is 0.597. The van der Waals surface area contributed by atoms with Crippen LogP contribution in [0.25, 0.3) is 0 Å². The number of amides is 1. The van der Waals surface area contributed by atoms with Gasteiger partial charge in [0.1, 0.15) is 12.4 Å². The molecule has 0 saturated carbocycles. The van der Waals surface area contributed by atoms with Gasteiger partial charge in [0.2, 0.25) is 5.91 Å². The summed E-state index contributed by atoms with van der Waals surface area (Å²) in [5.41, 5.74) is 0.795. The molecule has 0 aliphatic rings. The summed E-state index contributed by atoms with van der Waals surface area (Å²) in [6, 6.07) is 7.33. The van der Waals surface area contributed by atoms with Crippen molar-refractivity contribution in [3.8, 4) is 5.75 Å². The van der Waals surface area contributed by atoms with Crippen LogP contribution in [0.5, 0.6) is 5.75 Å². The molecule has 6 heteroatoms. The van der Waals surface area contributed by atoms with Crippen LogP contribution in [-0.4, -0.2) is 30.8 Å². The number of hydrogen-bond acceptors (Lipinski definition) is 4. The molecule has 110 valence electrons. The maximum absolute atomic E-state index is 11.2. The molecule has 20 heavy (non-hydrogen) atoms. The molecule has 1 amide bonds. The Bertz CT molecular complexity index is 435. The number of hydrogen-bond donors (Lipinski definition) is 2. The van der Waals surface area contributed by atoms with E-state index in [2.05, 4.69) is 10.6 Å². The molecule has 0 fully saturated rings. The Morgan fingerprint density at radius 2 is 1.90 bits per heavy atom. The van der Waals surface area contributed by atoms with Gasteiger partial charge in [0.05, 0.1) is 6.61 Å². The second kappa shape index (κ2) is 9.28. The van der Waals surface area contributed by atoms with Crippen LogP contribution >= 0.6 is 12.2 Å². The summed E-state index contributed by atoms with van der Waals surface area (Å²) in [6.45, 7) is 5.50. The van der Waals surface area contributed by atoms with Gasteiger partial charge >= 0.3 is 0 Å².